The zero-order valence-electron chi connectivity index (χ0n) is 23.4. The Balaban J connectivity index is 1.19. The average molecular weight is 575 g/mol. The van der Waals surface area contributed by atoms with Crippen LogP contribution >= 0.6 is 11.8 Å². The monoisotopic (exact) mass is 574 g/mol. The molecule has 43 heavy (non-hydrogen) atoms. The second kappa shape index (κ2) is 11.2. The molecule has 1 aliphatic rings. The minimum Gasteiger partial charge on any atom is -0.309 e. The standard InChI is InChI=1S/C38H30N4S/c1-3-12-26(13-4-1)37-39-38(41-40-37)28-14-11-15-29(24-28)42-34-20-9-7-19-32(34)33-25-27(22-23-35(33)42)31-18-8-10-21-36(31)43-30-16-5-2-6-17-30/h1-25,37-41H. The molecule has 6 aromatic carbocycles. The summed E-state index contributed by atoms with van der Waals surface area (Å²) in [6.07, 6.45) is 0.0351. The molecule has 1 aromatic heterocycles. The molecule has 0 aliphatic carbocycles. The molecule has 0 bridgehead atoms. The maximum atomic E-state index is 3.69. The molecule has 0 radical (unpaired) electrons. The topological polar surface area (TPSA) is 41.0 Å². The van der Waals surface area contributed by atoms with E-state index in [1.165, 1.54) is 53.9 Å². The Kier molecular flexibility index (Phi) is 6.78. The number of hydrogen-bond acceptors (Lipinski definition) is 4. The second-order valence-corrected chi connectivity index (χ2v) is 11.9. The first-order valence-electron chi connectivity index (χ1n) is 14.6. The van der Waals surface area contributed by atoms with E-state index in [4.69, 9.17) is 0 Å². The second-order valence-electron chi connectivity index (χ2n) is 10.8. The normalized spacial score (nSPS) is 16.7. The van der Waals surface area contributed by atoms with Crippen LogP contribution < -0.4 is 16.2 Å². The van der Waals surface area contributed by atoms with E-state index >= 15 is 0 Å². The third-order valence-corrected chi connectivity index (χ3v) is 9.23. The number of para-hydroxylation sites is 1. The van der Waals surface area contributed by atoms with Gasteiger partial charge in [-0.25, -0.2) is 10.9 Å². The largest absolute Gasteiger partial charge is 0.309 e. The molecule has 0 amide bonds. The summed E-state index contributed by atoms with van der Waals surface area (Å²) < 4.78 is 2.39. The fourth-order valence-electron chi connectivity index (χ4n) is 6.09. The van der Waals surface area contributed by atoms with Gasteiger partial charge in [0.05, 0.1) is 23.4 Å². The van der Waals surface area contributed by atoms with Crippen molar-refractivity contribution < 1.29 is 0 Å². The maximum Gasteiger partial charge on any atom is 0.0979 e. The fourth-order valence-corrected chi connectivity index (χ4v) is 7.08. The third-order valence-electron chi connectivity index (χ3n) is 8.14. The van der Waals surface area contributed by atoms with E-state index in [-0.39, 0.29) is 12.3 Å². The quantitative estimate of drug-likeness (QED) is 0.185. The van der Waals surface area contributed by atoms with Crippen LogP contribution in [-0.4, -0.2) is 4.57 Å². The molecule has 8 rings (SSSR count). The van der Waals surface area contributed by atoms with Gasteiger partial charge in [0, 0.05) is 26.3 Å². The summed E-state index contributed by atoms with van der Waals surface area (Å²) in [5.74, 6) is 0. The zero-order chi connectivity index (χ0) is 28.6. The summed E-state index contributed by atoms with van der Waals surface area (Å²) in [7, 11) is 0. The first-order valence-corrected chi connectivity index (χ1v) is 15.4. The van der Waals surface area contributed by atoms with Crippen LogP contribution in [0.4, 0.5) is 0 Å². The van der Waals surface area contributed by atoms with Crippen molar-refractivity contribution in [2.45, 2.75) is 22.1 Å². The van der Waals surface area contributed by atoms with E-state index in [0.717, 1.165) is 5.69 Å². The predicted octanol–water partition coefficient (Wildman–Crippen LogP) is 9.00. The minimum atomic E-state index is -0.0107. The third kappa shape index (κ3) is 4.92. The van der Waals surface area contributed by atoms with Crippen molar-refractivity contribution in [2.24, 2.45) is 0 Å². The Bertz CT molecular complexity index is 2050. The van der Waals surface area contributed by atoms with E-state index in [0.29, 0.717) is 0 Å². The molecule has 0 saturated carbocycles. The molecule has 0 spiro atoms. The van der Waals surface area contributed by atoms with Gasteiger partial charge >= 0.3 is 0 Å². The van der Waals surface area contributed by atoms with Gasteiger partial charge in [0.2, 0.25) is 0 Å². The Morgan fingerprint density at radius 1 is 0.512 bits per heavy atom. The molecule has 1 saturated heterocycles. The van der Waals surface area contributed by atoms with Crippen molar-refractivity contribution in [1.29, 1.82) is 0 Å². The van der Waals surface area contributed by atoms with Crippen molar-refractivity contribution in [1.82, 2.24) is 20.7 Å². The molecule has 208 valence electrons. The van der Waals surface area contributed by atoms with Crippen molar-refractivity contribution in [3.63, 3.8) is 0 Å². The minimum absolute atomic E-state index is 0.0107. The molecule has 4 nitrogen and oxygen atoms in total. The molecule has 1 aliphatic heterocycles. The average Bonchev–Trinajstić information content (AvgIpc) is 3.70. The summed E-state index contributed by atoms with van der Waals surface area (Å²) in [6, 6.07) is 54.2. The molecule has 2 heterocycles. The van der Waals surface area contributed by atoms with E-state index in [1.54, 1.807) is 0 Å². The number of rotatable bonds is 6. The van der Waals surface area contributed by atoms with Crippen LogP contribution in [0.15, 0.2) is 161 Å². The molecule has 1 fully saturated rings. The van der Waals surface area contributed by atoms with Crippen molar-refractivity contribution >= 4 is 33.6 Å². The lowest BCUT2D eigenvalue weighted by Crippen LogP contribution is -2.26. The number of hydrazine groups is 1. The summed E-state index contributed by atoms with van der Waals surface area (Å²) in [5, 5.41) is 6.19. The van der Waals surface area contributed by atoms with Gasteiger partial charge in [-0.15, -0.1) is 0 Å². The Labute approximate surface area is 255 Å². The lowest BCUT2D eigenvalue weighted by atomic mass is 10.0. The summed E-state index contributed by atoms with van der Waals surface area (Å²) in [4.78, 5) is 2.49. The number of nitrogens with one attached hydrogen (secondary N) is 3. The van der Waals surface area contributed by atoms with Crippen LogP contribution in [0.1, 0.15) is 23.5 Å². The number of nitrogens with zero attached hydrogens (tertiary/aromatic N) is 1. The smallest absolute Gasteiger partial charge is 0.0979 e. The highest BCUT2D eigenvalue weighted by Gasteiger charge is 2.25. The van der Waals surface area contributed by atoms with Crippen LogP contribution in [0, 0.1) is 0 Å². The van der Waals surface area contributed by atoms with Gasteiger partial charge in [0.25, 0.3) is 0 Å². The lowest BCUT2D eigenvalue weighted by Gasteiger charge is -2.15. The highest BCUT2D eigenvalue weighted by atomic mass is 32.2. The molecule has 7 aromatic rings. The van der Waals surface area contributed by atoms with E-state index in [9.17, 15) is 0 Å². The summed E-state index contributed by atoms with van der Waals surface area (Å²) >= 11 is 1.81. The summed E-state index contributed by atoms with van der Waals surface area (Å²) in [6.45, 7) is 0. The first kappa shape index (κ1) is 26.0. The molecule has 3 N–H and O–H groups in total. The molecule has 5 heteroatoms. The van der Waals surface area contributed by atoms with E-state index in [2.05, 4.69) is 166 Å². The predicted molar refractivity (Wildman–Crippen MR) is 178 cm³/mol. The molecule has 2 atom stereocenters. The Hall–Kier alpha value is -4.65. The van der Waals surface area contributed by atoms with Gasteiger partial charge in [0.1, 0.15) is 0 Å². The van der Waals surface area contributed by atoms with Crippen molar-refractivity contribution in [3.8, 4) is 16.8 Å². The van der Waals surface area contributed by atoms with Crippen LogP contribution in [0.25, 0.3) is 38.6 Å². The molecular weight excluding hydrogens is 545 g/mol. The Morgan fingerprint density at radius 3 is 2.05 bits per heavy atom. The number of benzene rings is 6. The van der Waals surface area contributed by atoms with Gasteiger partial charge in [-0.3, -0.25) is 5.32 Å². The van der Waals surface area contributed by atoms with Crippen LogP contribution in [-0.2, 0) is 0 Å². The highest BCUT2D eigenvalue weighted by Crippen LogP contribution is 2.39. The van der Waals surface area contributed by atoms with Gasteiger partial charge in [-0.05, 0) is 70.8 Å². The SMILES string of the molecule is c1ccc(Sc2ccccc2-c2ccc3c(c2)c2ccccc2n3-c2cccc(C3NNC(c4ccccc4)N3)c2)cc1. The fraction of sp³-hybridized carbons (Fsp3) is 0.0526. The number of fused-ring (bicyclic) bond motifs is 3. The number of hydrogen-bond donors (Lipinski definition) is 3. The summed E-state index contributed by atoms with van der Waals surface area (Å²) in [5.41, 5.74) is 15.2. The molecule has 2 unspecified atom stereocenters. The van der Waals surface area contributed by atoms with Gasteiger partial charge in [-0.2, -0.15) is 0 Å². The van der Waals surface area contributed by atoms with Crippen LogP contribution in [0.2, 0.25) is 0 Å². The van der Waals surface area contributed by atoms with Crippen LogP contribution in [0.3, 0.4) is 0 Å². The lowest BCUT2D eigenvalue weighted by molar-refractivity contribution is 0.554. The van der Waals surface area contributed by atoms with E-state index in [1.807, 2.05) is 17.8 Å². The molecular formula is C38H30N4S. The van der Waals surface area contributed by atoms with Gasteiger partial charge in [0.15, 0.2) is 0 Å². The van der Waals surface area contributed by atoms with Gasteiger partial charge in [-0.1, -0.05) is 115 Å². The maximum absolute atomic E-state index is 3.69. The van der Waals surface area contributed by atoms with Crippen molar-refractivity contribution in [2.75, 3.05) is 0 Å². The first-order chi connectivity index (χ1) is 21.3. The van der Waals surface area contributed by atoms with Crippen molar-refractivity contribution in [3.05, 3.63) is 163 Å². The van der Waals surface area contributed by atoms with Crippen LogP contribution in [0.5, 0.6) is 0 Å². The Morgan fingerprint density at radius 2 is 1.19 bits per heavy atom. The zero-order valence-corrected chi connectivity index (χ0v) is 24.3. The number of aromatic nitrogens is 1. The van der Waals surface area contributed by atoms with E-state index < -0.39 is 0 Å². The van der Waals surface area contributed by atoms with Gasteiger partial charge < -0.3 is 4.57 Å². The highest BCUT2D eigenvalue weighted by molar-refractivity contribution is 7.99.